The Morgan fingerprint density at radius 1 is 1.00 bits per heavy atom. The highest BCUT2D eigenvalue weighted by Crippen LogP contribution is 2.54. The van der Waals surface area contributed by atoms with Gasteiger partial charge >= 0.3 is 15.6 Å². The number of hydrogen-bond acceptors (Lipinski definition) is 19. The van der Waals surface area contributed by atoms with Crippen molar-refractivity contribution < 1.29 is 61.4 Å². The van der Waals surface area contributed by atoms with E-state index in [0.717, 1.165) is 10.9 Å². The maximum Gasteiger partial charge on any atom is 0.472 e. The molecule has 3 saturated heterocycles. The standard InChI is InChI=1S/C23H30N10O14P2/c1-2-3-41-19-11-17(29-23(25)31-19)33(7-27-11)21-13(35)15-9(45-21)5-43-48(37,38)46-14-8(4-42-49(39,40)47-15)44-20(12(14)34)32-6-26-10-16(32)28-22(24)30-18(10)36/h2,6-9,12-15,19-21,34-35H,1,3-5H2,(H,37,38)(H,39,40)(H3,25,29,31)(H3,24,28,30,36)/t8-,9-,12-,13-,14-,15-,19?,20-,21-/m1/s1. The molecule has 11 atom stereocenters. The zero-order valence-corrected chi connectivity index (χ0v) is 26.6. The first kappa shape index (κ1) is 33.9. The largest absolute Gasteiger partial charge is 0.472 e. The van der Waals surface area contributed by atoms with Crippen molar-refractivity contribution in [3.8, 4) is 0 Å². The molecule has 3 unspecified atom stereocenters. The highest BCUT2D eigenvalue weighted by atomic mass is 31.2. The van der Waals surface area contributed by atoms with Crippen molar-refractivity contribution in [2.75, 3.05) is 30.9 Å². The molecule has 0 bridgehead atoms. The van der Waals surface area contributed by atoms with Crippen molar-refractivity contribution in [1.82, 2.24) is 29.1 Å². The molecule has 4 aliphatic heterocycles. The summed E-state index contributed by atoms with van der Waals surface area (Å²) in [4.78, 5) is 52.3. The Labute approximate surface area is 273 Å². The van der Waals surface area contributed by atoms with E-state index in [0.29, 0.717) is 0 Å². The maximum absolute atomic E-state index is 13.2. The summed E-state index contributed by atoms with van der Waals surface area (Å²) >= 11 is 0. The monoisotopic (exact) mass is 732 g/mol. The van der Waals surface area contributed by atoms with Crippen LogP contribution in [0.15, 0.2) is 35.1 Å². The Bertz CT molecular complexity index is 1950. The fourth-order valence-corrected chi connectivity index (χ4v) is 7.68. The van der Waals surface area contributed by atoms with Gasteiger partial charge in [-0.15, -0.1) is 6.58 Å². The summed E-state index contributed by atoms with van der Waals surface area (Å²) < 4.78 is 67.0. The zero-order chi connectivity index (χ0) is 34.8. The predicted octanol–water partition coefficient (Wildman–Crippen LogP) is -1.93. The first-order valence-corrected chi connectivity index (χ1v) is 17.3. The molecule has 0 aromatic carbocycles. The fourth-order valence-electron chi connectivity index (χ4n) is 5.75. The molecule has 0 amide bonds. The van der Waals surface area contributed by atoms with Crippen molar-refractivity contribution in [1.29, 1.82) is 0 Å². The van der Waals surface area contributed by atoms with Crippen LogP contribution >= 0.6 is 15.6 Å². The lowest BCUT2D eigenvalue weighted by molar-refractivity contribution is -0.0666. The van der Waals surface area contributed by atoms with Gasteiger partial charge in [0.05, 0.1) is 32.5 Å². The summed E-state index contributed by atoms with van der Waals surface area (Å²) in [5, 5.41) is 25.3. The van der Waals surface area contributed by atoms with E-state index in [-0.39, 0.29) is 41.2 Å². The third kappa shape index (κ3) is 6.31. The van der Waals surface area contributed by atoms with Crippen LogP contribution in [0.5, 0.6) is 0 Å². The molecule has 3 aromatic rings. The Morgan fingerprint density at radius 3 is 2.20 bits per heavy atom. The summed E-state index contributed by atoms with van der Waals surface area (Å²) in [6, 6.07) is 0. The van der Waals surface area contributed by atoms with Gasteiger partial charge in [0.25, 0.3) is 5.56 Å². The fraction of sp³-hybridized carbons (Fsp3) is 0.522. The summed E-state index contributed by atoms with van der Waals surface area (Å²) in [5.41, 5.74) is 10.9. The Kier molecular flexibility index (Phi) is 8.72. The number of aromatic nitrogens is 6. The van der Waals surface area contributed by atoms with Gasteiger partial charge in [0.2, 0.25) is 5.95 Å². The number of nitrogens with zero attached hydrogens (tertiary/aromatic N) is 6. The van der Waals surface area contributed by atoms with E-state index in [4.69, 9.17) is 43.8 Å². The second-order valence-electron chi connectivity index (χ2n) is 11.1. The average molecular weight is 732 g/mol. The van der Waals surface area contributed by atoms with E-state index in [1.54, 1.807) is 0 Å². The van der Waals surface area contributed by atoms with E-state index in [1.165, 1.54) is 17.0 Å². The van der Waals surface area contributed by atoms with Crippen LogP contribution in [0.1, 0.15) is 24.4 Å². The smallest absolute Gasteiger partial charge is 0.386 e. The SMILES string of the molecule is C=CCOC1N=C(N)Nc2c1ncn2[C@@H]1O[C@@H]2COP(=O)(O)O[C@H]3[C@@H](O)[C@H](n4cnc5c(=O)[nH]c(N)nc54)O[C@@H]3COP(=O)(O)O[C@H]2[C@H]1O. The summed E-state index contributed by atoms with van der Waals surface area (Å²) in [6.45, 7) is 2.01. The molecule has 0 saturated carbocycles. The van der Waals surface area contributed by atoms with Crippen molar-refractivity contribution >= 4 is 44.5 Å². The van der Waals surface area contributed by atoms with Crippen molar-refractivity contribution in [3.05, 3.63) is 41.4 Å². The molecular weight excluding hydrogens is 702 g/mol. The minimum Gasteiger partial charge on any atom is -0.386 e. The van der Waals surface area contributed by atoms with E-state index in [9.17, 15) is 33.9 Å². The van der Waals surface area contributed by atoms with E-state index < -0.39 is 89.7 Å². The van der Waals surface area contributed by atoms with Crippen LogP contribution in [0.25, 0.3) is 11.2 Å². The van der Waals surface area contributed by atoms with Gasteiger partial charge in [0.15, 0.2) is 35.8 Å². The molecule has 49 heavy (non-hydrogen) atoms. The second-order valence-corrected chi connectivity index (χ2v) is 13.9. The first-order chi connectivity index (χ1) is 23.2. The number of phosphoric ester groups is 2. The molecule has 7 heterocycles. The van der Waals surface area contributed by atoms with E-state index in [1.807, 2.05) is 0 Å². The van der Waals surface area contributed by atoms with Gasteiger partial charge in [-0.25, -0.2) is 24.1 Å². The number of aromatic amines is 1. The zero-order valence-electron chi connectivity index (χ0n) is 24.9. The minimum absolute atomic E-state index is 0.0547. The number of phosphoric acid groups is 2. The summed E-state index contributed by atoms with van der Waals surface area (Å²) in [5.74, 6) is -0.128. The first-order valence-electron chi connectivity index (χ1n) is 14.4. The third-order valence-electron chi connectivity index (χ3n) is 7.86. The van der Waals surface area contributed by atoms with Crippen LogP contribution in [0, 0.1) is 0 Å². The van der Waals surface area contributed by atoms with Crippen LogP contribution in [0.2, 0.25) is 0 Å². The lowest BCUT2D eigenvalue weighted by atomic mass is 10.1. The number of rotatable bonds is 5. The number of fused-ring (bicyclic) bond motifs is 4. The highest BCUT2D eigenvalue weighted by Gasteiger charge is 2.54. The maximum atomic E-state index is 13.2. The predicted molar refractivity (Wildman–Crippen MR) is 160 cm³/mol. The van der Waals surface area contributed by atoms with Gasteiger partial charge in [-0.1, -0.05) is 6.08 Å². The number of aliphatic imine (C=N–C) groups is 1. The molecule has 24 nitrogen and oxygen atoms in total. The number of aliphatic hydroxyl groups is 2. The van der Waals surface area contributed by atoms with Crippen LogP contribution < -0.4 is 22.3 Å². The Hall–Kier alpha value is -3.61. The number of nitrogen functional groups attached to an aromatic ring is 1. The number of nitrogens with two attached hydrogens (primary N) is 2. The molecule has 3 fully saturated rings. The Balaban J connectivity index is 1.14. The molecule has 26 heteroatoms. The van der Waals surface area contributed by atoms with Crippen molar-refractivity contribution in [2.45, 2.75) is 55.3 Å². The van der Waals surface area contributed by atoms with Crippen molar-refractivity contribution in [3.63, 3.8) is 0 Å². The topological polar surface area (TPSA) is 337 Å². The minimum atomic E-state index is -5.09. The molecule has 7 rings (SSSR count). The summed E-state index contributed by atoms with van der Waals surface area (Å²) in [7, 11) is -10.2. The van der Waals surface area contributed by atoms with Crippen LogP contribution in [-0.2, 0) is 41.4 Å². The molecule has 0 radical (unpaired) electrons. The van der Waals surface area contributed by atoms with Crippen LogP contribution in [-0.4, -0.2) is 111 Å². The van der Waals surface area contributed by atoms with Crippen molar-refractivity contribution in [2.24, 2.45) is 10.7 Å². The van der Waals surface area contributed by atoms with Gasteiger partial charge < -0.3 is 51.0 Å². The normalized spacial score (nSPS) is 38.0. The number of ether oxygens (including phenoxy) is 3. The lowest BCUT2D eigenvalue weighted by Crippen LogP contribution is -2.39. The van der Waals surface area contributed by atoms with E-state index >= 15 is 0 Å². The quantitative estimate of drug-likeness (QED) is 0.105. The number of aliphatic hydroxyl groups excluding tert-OH is 2. The molecular formula is C23H30N10O14P2. The molecule has 3 aromatic heterocycles. The van der Waals surface area contributed by atoms with Gasteiger partial charge in [-0.2, -0.15) is 4.98 Å². The van der Waals surface area contributed by atoms with Gasteiger partial charge in [0, 0.05) is 0 Å². The van der Waals surface area contributed by atoms with Gasteiger partial charge in [-0.05, 0) is 0 Å². The molecule has 4 aliphatic rings. The number of hydrogen-bond donors (Lipinski definition) is 8. The summed E-state index contributed by atoms with van der Waals surface area (Å²) in [6.07, 6.45) is -9.85. The van der Waals surface area contributed by atoms with Gasteiger partial charge in [-0.3, -0.25) is 37.0 Å². The number of nitrogens with one attached hydrogen (secondary N) is 2. The molecule has 10 N–H and O–H groups in total. The molecule has 0 spiro atoms. The lowest BCUT2D eigenvalue weighted by Gasteiger charge is -2.27. The number of guanidine groups is 1. The third-order valence-corrected chi connectivity index (χ3v) is 9.83. The second kappa shape index (κ2) is 12.6. The van der Waals surface area contributed by atoms with Crippen LogP contribution in [0.3, 0.4) is 0 Å². The highest BCUT2D eigenvalue weighted by molar-refractivity contribution is 7.47. The number of H-pyrrole nitrogens is 1. The molecule has 266 valence electrons. The average Bonchev–Trinajstić information content (AvgIpc) is 3.79. The number of anilines is 2. The number of imidazole rings is 2. The van der Waals surface area contributed by atoms with E-state index in [2.05, 4.69) is 36.8 Å². The Morgan fingerprint density at radius 2 is 1.59 bits per heavy atom. The molecule has 0 aliphatic carbocycles. The van der Waals surface area contributed by atoms with Gasteiger partial charge in [0.1, 0.15) is 48.1 Å². The van der Waals surface area contributed by atoms with Crippen LogP contribution in [0.4, 0.5) is 11.8 Å².